The van der Waals surface area contributed by atoms with Crippen molar-refractivity contribution in [1.82, 2.24) is 5.32 Å². The molecule has 0 bridgehead atoms. The van der Waals surface area contributed by atoms with E-state index in [1.165, 1.54) is 12.5 Å². The van der Waals surface area contributed by atoms with E-state index in [1.807, 2.05) is 24.3 Å². The number of carboxylic acid groups (broad SMARTS) is 1. The number of halogens is 1. The van der Waals surface area contributed by atoms with Crippen molar-refractivity contribution < 1.29 is 33.8 Å². The third-order valence-electron chi connectivity index (χ3n) is 17.3. The first-order valence-electron chi connectivity index (χ1n) is 20.9. The molecular formula is C46H64ClNO7. The van der Waals surface area contributed by atoms with Gasteiger partial charge in [0.25, 0.3) is 0 Å². The Bertz CT molecular complexity index is 1820. The lowest BCUT2D eigenvalue weighted by atomic mass is 9.33. The van der Waals surface area contributed by atoms with E-state index in [9.17, 15) is 24.3 Å². The minimum Gasteiger partial charge on any atom is -0.481 e. The molecule has 7 rings (SSSR count). The average Bonchev–Trinajstić information content (AvgIpc) is 3.61. The lowest BCUT2D eigenvalue weighted by Crippen LogP contribution is -2.65. The molecule has 6 aliphatic carbocycles. The molecule has 5 fully saturated rings. The average molecular weight is 778 g/mol. The molecule has 0 heterocycles. The topological polar surface area (TPSA) is 119 Å². The largest absolute Gasteiger partial charge is 0.481 e. The summed E-state index contributed by atoms with van der Waals surface area (Å²) < 4.78 is 12.5. The third kappa shape index (κ3) is 5.90. The zero-order valence-electron chi connectivity index (χ0n) is 34.7. The molecule has 0 aliphatic heterocycles. The van der Waals surface area contributed by atoms with Crippen molar-refractivity contribution in [3.8, 4) is 0 Å². The highest BCUT2D eigenvalue weighted by Gasteiger charge is 2.82. The molecule has 0 aromatic heterocycles. The van der Waals surface area contributed by atoms with Gasteiger partial charge in [-0.2, -0.15) is 0 Å². The van der Waals surface area contributed by atoms with Gasteiger partial charge in [0, 0.05) is 42.3 Å². The molecule has 0 saturated heterocycles. The second-order valence-corrected chi connectivity index (χ2v) is 21.0. The molecule has 2 N–H and O–H groups in total. The molecule has 1 aromatic rings. The van der Waals surface area contributed by atoms with Gasteiger partial charge in [0.05, 0.1) is 11.8 Å². The fraction of sp³-hybridized carbons (Fsp3) is 0.739. The number of carboxylic acids is 1. The summed E-state index contributed by atoms with van der Waals surface area (Å²) in [6.07, 6.45) is 8.44. The normalized spacial score (nSPS) is 39.6. The van der Waals surface area contributed by atoms with Crippen LogP contribution in [-0.2, 0) is 35.2 Å². The van der Waals surface area contributed by atoms with Gasteiger partial charge in [-0.3, -0.25) is 19.2 Å². The number of esters is 2. The summed E-state index contributed by atoms with van der Waals surface area (Å²) in [6.45, 7) is 20.0. The first-order valence-corrected chi connectivity index (χ1v) is 21.3. The minimum absolute atomic E-state index is 0.0308. The van der Waals surface area contributed by atoms with Gasteiger partial charge < -0.3 is 19.9 Å². The number of rotatable bonds is 11. The third-order valence-corrected chi connectivity index (χ3v) is 17.6. The second kappa shape index (κ2) is 13.4. The molecule has 9 heteroatoms. The summed E-state index contributed by atoms with van der Waals surface area (Å²) >= 11 is 6.29. The van der Waals surface area contributed by atoms with Crippen LogP contribution in [0.5, 0.6) is 0 Å². The molecule has 10 atom stereocenters. The lowest BCUT2D eigenvalue weighted by molar-refractivity contribution is -0.221. The number of hydrogen-bond donors (Lipinski definition) is 2. The zero-order valence-corrected chi connectivity index (χ0v) is 35.4. The molecule has 5 saturated carbocycles. The highest BCUT2D eigenvalue weighted by molar-refractivity contribution is 6.30. The van der Waals surface area contributed by atoms with E-state index < -0.39 is 28.9 Å². The van der Waals surface area contributed by atoms with E-state index in [2.05, 4.69) is 46.9 Å². The summed E-state index contributed by atoms with van der Waals surface area (Å²) in [5.74, 6) is -0.718. The summed E-state index contributed by atoms with van der Waals surface area (Å²) in [5, 5.41) is 13.9. The van der Waals surface area contributed by atoms with Crippen molar-refractivity contribution in [3.63, 3.8) is 0 Å². The number of hydrogen-bond acceptors (Lipinski definition) is 7. The van der Waals surface area contributed by atoms with Crippen molar-refractivity contribution in [2.75, 3.05) is 6.54 Å². The van der Waals surface area contributed by atoms with Crippen molar-refractivity contribution in [1.29, 1.82) is 0 Å². The minimum atomic E-state index is -1.17. The number of carbonyl (C=O) groups excluding carboxylic acids is 3. The Morgan fingerprint density at radius 1 is 0.964 bits per heavy atom. The van der Waals surface area contributed by atoms with Crippen LogP contribution in [0.4, 0.5) is 0 Å². The number of ether oxygens (including phenoxy) is 2. The Morgan fingerprint density at radius 2 is 1.67 bits per heavy atom. The van der Waals surface area contributed by atoms with Gasteiger partial charge >= 0.3 is 17.9 Å². The summed E-state index contributed by atoms with van der Waals surface area (Å²) in [5.41, 5.74) is 1.64. The van der Waals surface area contributed by atoms with Crippen molar-refractivity contribution in [2.45, 2.75) is 152 Å². The van der Waals surface area contributed by atoms with Gasteiger partial charge in [-0.1, -0.05) is 65.3 Å². The van der Waals surface area contributed by atoms with Crippen molar-refractivity contribution in [2.24, 2.45) is 55.7 Å². The number of benzene rings is 1. The van der Waals surface area contributed by atoms with Crippen LogP contribution < -0.4 is 5.32 Å². The molecule has 1 spiro atoms. The number of Topliss-reactive ketones (excluding diaryl/α,β-unsaturated/α-hetero) is 1. The quantitative estimate of drug-likeness (QED) is 0.213. The maximum absolute atomic E-state index is 14.3. The van der Waals surface area contributed by atoms with Gasteiger partial charge in [-0.15, -0.1) is 0 Å². The number of fused-ring (bicyclic) bond motifs is 6. The van der Waals surface area contributed by atoms with E-state index >= 15 is 0 Å². The van der Waals surface area contributed by atoms with Crippen LogP contribution in [0.15, 0.2) is 35.4 Å². The maximum Gasteiger partial charge on any atom is 0.309 e. The lowest BCUT2D eigenvalue weighted by Gasteiger charge is -2.71. The van der Waals surface area contributed by atoms with E-state index in [0.717, 1.165) is 68.9 Å². The van der Waals surface area contributed by atoms with Gasteiger partial charge in [-0.05, 0) is 140 Å². The van der Waals surface area contributed by atoms with Crippen LogP contribution in [0.3, 0.4) is 0 Å². The molecule has 0 amide bonds. The Hall–Kier alpha value is -2.71. The molecule has 302 valence electrons. The van der Waals surface area contributed by atoms with Crippen molar-refractivity contribution >= 4 is 35.3 Å². The van der Waals surface area contributed by atoms with Crippen LogP contribution in [0.25, 0.3) is 0 Å². The van der Waals surface area contributed by atoms with Crippen LogP contribution in [0.2, 0.25) is 5.02 Å². The van der Waals surface area contributed by atoms with Crippen molar-refractivity contribution in [3.05, 3.63) is 46.0 Å². The Balaban J connectivity index is 1.18. The highest BCUT2D eigenvalue weighted by Crippen LogP contribution is 2.87. The fourth-order valence-electron chi connectivity index (χ4n) is 14.2. The molecular weight excluding hydrogens is 714 g/mol. The standard InChI is InChI=1S/C46H64ClNO7/c1-27(2)37-32(50)22-45(35(54-28(3)49)25-48-24-29-11-10-12-30(47)21-29)19-17-41(6)31(38(37)45)13-14-33-42(41,7)18-20-46-26-44(46,9)34(15-16-43(33,46)8)55-36(51)23-40(4,5)39(52)53/h10-12,21,27,31,33-35,48H,13-20,22-26H2,1-9H3,(H,52,53)/t31-,33+,34+,35?,41-,42-,43-,44?,45?,46+/m1/s1. The molecule has 3 unspecified atom stereocenters. The van der Waals surface area contributed by atoms with Crippen LogP contribution in [-0.4, -0.2) is 47.6 Å². The Kier molecular flexibility index (Phi) is 9.88. The molecule has 6 aliphatic rings. The molecule has 55 heavy (non-hydrogen) atoms. The SMILES string of the molecule is CC(=O)OC(CNCc1cccc(Cl)c1)C12CC[C@]3(C)[C@H](CC[C@@H]4[C@@]5(C)CC[C@H](OC(=O)CC(C)(C)C(=O)O)C6(C)C[C@]65CC[C@]43C)C1=C(C(C)C)C(=O)C2. The second-order valence-electron chi connectivity index (χ2n) is 20.6. The predicted octanol–water partition coefficient (Wildman–Crippen LogP) is 9.51. The van der Waals surface area contributed by atoms with E-state index in [1.54, 1.807) is 13.8 Å². The van der Waals surface area contributed by atoms with Crippen LogP contribution >= 0.6 is 11.6 Å². The highest BCUT2D eigenvalue weighted by atomic mass is 35.5. The molecule has 8 nitrogen and oxygen atoms in total. The monoisotopic (exact) mass is 777 g/mol. The predicted molar refractivity (Wildman–Crippen MR) is 212 cm³/mol. The summed E-state index contributed by atoms with van der Waals surface area (Å²) in [6, 6.07) is 7.78. The van der Waals surface area contributed by atoms with Gasteiger partial charge in [0.15, 0.2) is 5.78 Å². The maximum atomic E-state index is 14.3. The van der Waals surface area contributed by atoms with Crippen LogP contribution in [0, 0.1) is 55.7 Å². The van der Waals surface area contributed by atoms with Crippen LogP contribution in [0.1, 0.15) is 139 Å². The fourth-order valence-corrected chi connectivity index (χ4v) is 14.5. The molecule has 1 aromatic carbocycles. The Labute approximate surface area is 333 Å². The Morgan fingerprint density at radius 3 is 2.33 bits per heavy atom. The van der Waals surface area contributed by atoms with E-state index in [4.69, 9.17) is 21.1 Å². The summed E-state index contributed by atoms with van der Waals surface area (Å²) in [4.78, 5) is 52.0. The summed E-state index contributed by atoms with van der Waals surface area (Å²) in [7, 11) is 0. The first kappa shape index (κ1) is 40.5. The van der Waals surface area contributed by atoms with E-state index in [-0.39, 0.29) is 63.2 Å². The number of carbonyl (C=O) groups is 4. The number of allylic oxidation sites excluding steroid dienone is 1. The first-order chi connectivity index (χ1) is 25.6. The van der Waals surface area contributed by atoms with Gasteiger partial charge in [-0.25, -0.2) is 0 Å². The van der Waals surface area contributed by atoms with Gasteiger partial charge in [0.2, 0.25) is 0 Å². The number of aliphatic carboxylic acids is 1. The smallest absolute Gasteiger partial charge is 0.309 e. The number of nitrogens with one attached hydrogen (secondary N) is 1. The van der Waals surface area contributed by atoms with E-state index in [0.29, 0.717) is 30.5 Å². The van der Waals surface area contributed by atoms with Gasteiger partial charge in [0.1, 0.15) is 12.2 Å². The number of ketones is 1. The molecule has 0 radical (unpaired) electrons. The zero-order chi connectivity index (χ0) is 40.1.